The molecule has 10 heteroatoms. The van der Waals surface area contributed by atoms with Gasteiger partial charge in [-0.1, -0.05) is 24.3 Å². The van der Waals surface area contributed by atoms with Gasteiger partial charge in [0.15, 0.2) is 0 Å². The Balaban J connectivity index is 1.14. The number of hydrogen-bond donors (Lipinski definition) is 3. The zero-order valence-corrected chi connectivity index (χ0v) is 28.2. The number of carboxylic acid groups (broad SMARTS) is 1. The zero-order valence-electron chi connectivity index (χ0n) is 27.4. The maximum atomic E-state index is 14.4. The van der Waals surface area contributed by atoms with Gasteiger partial charge in [-0.05, 0) is 118 Å². The summed E-state index contributed by atoms with van der Waals surface area (Å²) in [5.74, 6) is 2.18. The molecule has 3 N–H and O–H groups in total. The van der Waals surface area contributed by atoms with Crippen LogP contribution in [0.4, 0.5) is 10.5 Å². The van der Waals surface area contributed by atoms with Crippen LogP contribution < -0.4 is 20.3 Å². The van der Waals surface area contributed by atoms with E-state index in [1.54, 1.807) is 18.4 Å². The lowest BCUT2D eigenvalue weighted by atomic mass is 9.78. The lowest BCUT2D eigenvalue weighted by Gasteiger charge is -2.36. The highest BCUT2D eigenvalue weighted by Crippen LogP contribution is 2.44. The number of thiazole rings is 1. The molecule has 0 atom stereocenters. The normalized spacial score (nSPS) is 22.7. The highest BCUT2D eigenvalue weighted by Gasteiger charge is 2.33. The second-order valence-corrected chi connectivity index (χ2v) is 14.6. The molecular weight excluding hydrogens is 612 g/mol. The quantitative estimate of drug-likeness (QED) is 0.200. The number of ether oxygens (including phenoxy) is 1. The van der Waals surface area contributed by atoms with Crippen molar-refractivity contribution in [2.75, 3.05) is 25.1 Å². The number of benzene rings is 2. The van der Waals surface area contributed by atoms with E-state index in [-0.39, 0.29) is 30.3 Å². The number of hydrogen-bond acceptors (Lipinski definition) is 6. The fraction of sp³-hybridized carbons (Fsp3) is 0.514. The van der Waals surface area contributed by atoms with Gasteiger partial charge in [-0.2, -0.15) is 0 Å². The van der Waals surface area contributed by atoms with Gasteiger partial charge in [0.05, 0.1) is 23.5 Å². The molecule has 3 aliphatic carbocycles. The SMILES string of the molecule is COc1ccc(C2CCC(CN(C(=O)C3CCC(NC(=O)CNC(=O)O)CC3)c3cccc(-c4cnc(C5CC5)s4)c3)CC2)cc1C. The van der Waals surface area contributed by atoms with Crippen LogP contribution in [0.5, 0.6) is 5.75 Å². The Morgan fingerprint density at radius 1 is 0.957 bits per heavy atom. The average molecular weight is 659 g/mol. The highest BCUT2D eigenvalue weighted by molar-refractivity contribution is 7.15. The molecule has 0 bridgehead atoms. The molecule has 0 unspecified atom stereocenters. The number of aryl methyl sites for hydroxylation is 1. The van der Waals surface area contributed by atoms with E-state index >= 15 is 0 Å². The molecule has 3 amide bonds. The third kappa shape index (κ3) is 8.33. The van der Waals surface area contributed by atoms with Crippen molar-refractivity contribution >= 4 is 34.9 Å². The van der Waals surface area contributed by atoms with Crippen LogP contribution in [0.1, 0.15) is 92.2 Å². The standard InChI is InChI=1S/C37H46N4O5S/c1-23-18-28(14-17-32(23)46-2)25-8-6-24(7-9-25)22-41(31-5-3-4-29(19-31)33-20-38-35(47-33)26-10-11-26)36(43)27-12-15-30(16-13-27)40-34(42)21-39-37(44)45/h3-5,14,17-20,24-27,30,39H,6-13,15-16,21-22H2,1-2H3,(H,40,42)(H,44,45). The van der Waals surface area contributed by atoms with Gasteiger partial charge in [-0.15, -0.1) is 11.3 Å². The summed E-state index contributed by atoms with van der Waals surface area (Å²) in [5.41, 5.74) is 4.59. The van der Waals surface area contributed by atoms with Gasteiger partial charge >= 0.3 is 6.09 Å². The number of carbonyl (C=O) groups excluding carboxylic acids is 2. The highest BCUT2D eigenvalue weighted by atomic mass is 32.1. The van der Waals surface area contributed by atoms with E-state index in [1.807, 2.05) is 6.20 Å². The molecule has 47 heavy (non-hydrogen) atoms. The number of methoxy groups -OCH3 is 1. The van der Waals surface area contributed by atoms with Crippen LogP contribution in [-0.2, 0) is 9.59 Å². The molecule has 0 aliphatic heterocycles. The van der Waals surface area contributed by atoms with Crippen LogP contribution >= 0.6 is 11.3 Å². The molecule has 1 aromatic heterocycles. The van der Waals surface area contributed by atoms with Crippen molar-refractivity contribution in [1.82, 2.24) is 15.6 Å². The number of anilines is 1. The Morgan fingerprint density at radius 3 is 2.38 bits per heavy atom. The van der Waals surface area contributed by atoms with E-state index in [0.717, 1.165) is 47.6 Å². The molecule has 9 nitrogen and oxygen atoms in total. The first-order chi connectivity index (χ1) is 22.8. The third-order valence-corrected chi connectivity index (χ3v) is 11.4. The van der Waals surface area contributed by atoms with Gasteiger partial charge in [0.25, 0.3) is 0 Å². The van der Waals surface area contributed by atoms with Crippen LogP contribution in [0.3, 0.4) is 0 Å². The lowest BCUT2D eigenvalue weighted by Crippen LogP contribution is -2.46. The molecule has 3 saturated carbocycles. The van der Waals surface area contributed by atoms with Gasteiger partial charge in [0.2, 0.25) is 11.8 Å². The maximum absolute atomic E-state index is 14.4. The first kappa shape index (κ1) is 33.0. The topological polar surface area (TPSA) is 121 Å². The number of carbonyl (C=O) groups is 3. The number of nitrogens with zero attached hydrogens (tertiary/aromatic N) is 2. The molecule has 3 aromatic rings. The third-order valence-electron chi connectivity index (χ3n) is 10.2. The molecule has 1 heterocycles. The number of aromatic nitrogens is 1. The molecule has 0 saturated heterocycles. The van der Waals surface area contributed by atoms with Gasteiger partial charge < -0.3 is 25.4 Å². The van der Waals surface area contributed by atoms with Crippen LogP contribution in [0.2, 0.25) is 0 Å². The maximum Gasteiger partial charge on any atom is 0.405 e. The minimum atomic E-state index is -1.22. The summed E-state index contributed by atoms with van der Waals surface area (Å²) in [5, 5.41) is 15.0. The van der Waals surface area contributed by atoms with Crippen molar-refractivity contribution in [3.8, 4) is 16.2 Å². The predicted molar refractivity (Wildman–Crippen MR) is 184 cm³/mol. The molecule has 0 spiro atoms. The van der Waals surface area contributed by atoms with Gasteiger partial charge in [-0.25, -0.2) is 9.78 Å². The smallest absolute Gasteiger partial charge is 0.405 e. The number of nitrogens with one attached hydrogen (secondary N) is 2. The van der Waals surface area contributed by atoms with E-state index in [2.05, 4.69) is 64.9 Å². The van der Waals surface area contributed by atoms with Crippen molar-refractivity contribution < 1.29 is 24.2 Å². The summed E-state index contributed by atoms with van der Waals surface area (Å²) >= 11 is 1.77. The Labute approximate surface area is 281 Å². The summed E-state index contributed by atoms with van der Waals surface area (Å²) in [6.45, 7) is 2.54. The fourth-order valence-corrected chi connectivity index (χ4v) is 8.40. The molecule has 250 valence electrons. The van der Waals surface area contributed by atoms with Crippen molar-refractivity contribution in [1.29, 1.82) is 0 Å². The summed E-state index contributed by atoms with van der Waals surface area (Å²) in [6.07, 6.45) is 10.3. The first-order valence-corrected chi connectivity index (χ1v) is 17.9. The van der Waals surface area contributed by atoms with Gasteiger partial charge in [-0.3, -0.25) is 9.59 Å². The summed E-state index contributed by atoms with van der Waals surface area (Å²) in [6, 6.07) is 14.9. The minimum absolute atomic E-state index is 0.0530. The van der Waals surface area contributed by atoms with Crippen LogP contribution in [-0.4, -0.2) is 54.2 Å². The van der Waals surface area contributed by atoms with E-state index < -0.39 is 6.09 Å². The molecule has 6 rings (SSSR count). The Kier molecular flexibility index (Phi) is 10.4. The molecule has 0 radical (unpaired) electrons. The number of amides is 3. The van der Waals surface area contributed by atoms with Gasteiger partial charge in [0.1, 0.15) is 5.75 Å². The van der Waals surface area contributed by atoms with Crippen molar-refractivity contribution in [3.63, 3.8) is 0 Å². The first-order valence-electron chi connectivity index (χ1n) is 17.1. The molecule has 3 aliphatic rings. The second-order valence-electron chi connectivity index (χ2n) is 13.6. The van der Waals surface area contributed by atoms with Crippen molar-refractivity contribution in [2.45, 2.75) is 89.0 Å². The molecular formula is C37H46N4O5S. The predicted octanol–water partition coefficient (Wildman–Crippen LogP) is 7.25. The largest absolute Gasteiger partial charge is 0.496 e. The van der Waals surface area contributed by atoms with E-state index in [9.17, 15) is 14.4 Å². The van der Waals surface area contributed by atoms with E-state index in [4.69, 9.17) is 14.8 Å². The Bertz CT molecular complexity index is 1570. The van der Waals surface area contributed by atoms with Crippen molar-refractivity contribution in [3.05, 3.63) is 64.8 Å². The van der Waals surface area contributed by atoms with Crippen molar-refractivity contribution in [2.24, 2.45) is 11.8 Å². The second kappa shape index (κ2) is 14.9. The summed E-state index contributed by atoms with van der Waals surface area (Å²) in [7, 11) is 1.71. The Hall–Kier alpha value is -3.92. The molecule has 2 aromatic carbocycles. The number of rotatable bonds is 11. The lowest BCUT2D eigenvalue weighted by molar-refractivity contribution is -0.123. The van der Waals surface area contributed by atoms with Crippen LogP contribution in [0.15, 0.2) is 48.7 Å². The zero-order chi connectivity index (χ0) is 32.9. The Morgan fingerprint density at radius 2 is 1.70 bits per heavy atom. The summed E-state index contributed by atoms with van der Waals surface area (Å²) < 4.78 is 5.47. The van der Waals surface area contributed by atoms with E-state index in [1.165, 1.54) is 29.0 Å². The van der Waals surface area contributed by atoms with E-state index in [0.29, 0.717) is 50.0 Å². The average Bonchev–Trinajstić information content (AvgIpc) is 3.82. The fourth-order valence-electron chi connectivity index (χ4n) is 7.32. The summed E-state index contributed by atoms with van der Waals surface area (Å²) in [4.78, 5) is 45.2. The van der Waals surface area contributed by atoms with Gasteiger partial charge in [0, 0.05) is 36.3 Å². The monoisotopic (exact) mass is 658 g/mol. The van der Waals surface area contributed by atoms with Crippen LogP contribution in [0.25, 0.3) is 10.4 Å². The minimum Gasteiger partial charge on any atom is -0.496 e. The van der Waals surface area contributed by atoms with Crippen LogP contribution in [0, 0.1) is 18.8 Å². The molecule has 3 fully saturated rings.